The van der Waals surface area contributed by atoms with Crippen molar-refractivity contribution in [1.82, 2.24) is 0 Å². The van der Waals surface area contributed by atoms with E-state index in [9.17, 15) is 12.8 Å². The van der Waals surface area contributed by atoms with Crippen molar-refractivity contribution in [2.24, 2.45) is 0 Å². The van der Waals surface area contributed by atoms with Gasteiger partial charge >= 0.3 is 0 Å². The summed E-state index contributed by atoms with van der Waals surface area (Å²) in [5, 5.41) is 17.4. The minimum Gasteiger partial charge on any atom is -0.280 e. The molecule has 0 saturated carbocycles. The maximum Gasteiger partial charge on any atom is 0.261 e. The van der Waals surface area contributed by atoms with Gasteiger partial charge in [-0.3, -0.25) is 4.72 Å². The van der Waals surface area contributed by atoms with Crippen LogP contribution in [-0.2, 0) is 10.0 Å². The van der Waals surface area contributed by atoms with Crippen LogP contribution < -0.4 is 4.72 Å². The summed E-state index contributed by atoms with van der Waals surface area (Å²) in [6.07, 6.45) is 0. The molecule has 0 bridgehead atoms. The second-order valence-corrected chi connectivity index (χ2v) is 5.73. The molecule has 0 aliphatic heterocycles. The Morgan fingerprint density at radius 3 is 2.24 bits per heavy atom. The van der Waals surface area contributed by atoms with E-state index in [1.807, 2.05) is 6.07 Å². The summed E-state index contributed by atoms with van der Waals surface area (Å²) in [5.74, 6) is -0.723. The average Bonchev–Trinajstić information content (AvgIpc) is 2.49. The molecule has 0 atom stereocenters. The van der Waals surface area contributed by atoms with E-state index < -0.39 is 15.8 Å². The molecule has 0 aliphatic carbocycles. The van der Waals surface area contributed by atoms with Gasteiger partial charge < -0.3 is 0 Å². The Labute approximate surface area is 120 Å². The largest absolute Gasteiger partial charge is 0.280 e. The lowest BCUT2D eigenvalue weighted by atomic mass is 10.2. The Bertz CT molecular complexity index is 863. The van der Waals surface area contributed by atoms with Crippen LogP contribution in [0.1, 0.15) is 11.1 Å². The van der Waals surface area contributed by atoms with Crippen LogP contribution in [0.2, 0.25) is 0 Å². The fraction of sp³-hybridized carbons (Fsp3) is 0. The van der Waals surface area contributed by atoms with Crippen LogP contribution in [0.25, 0.3) is 0 Å². The van der Waals surface area contributed by atoms with E-state index in [2.05, 4.69) is 4.72 Å². The lowest BCUT2D eigenvalue weighted by Crippen LogP contribution is -2.13. The van der Waals surface area contributed by atoms with Gasteiger partial charge in [0.1, 0.15) is 11.9 Å². The first-order valence-corrected chi connectivity index (χ1v) is 7.17. The molecule has 0 unspecified atom stereocenters. The molecule has 0 aliphatic rings. The van der Waals surface area contributed by atoms with Crippen LogP contribution in [0.3, 0.4) is 0 Å². The maximum atomic E-state index is 13.2. The topological polar surface area (TPSA) is 93.8 Å². The Hall–Kier alpha value is -2.90. The summed E-state index contributed by atoms with van der Waals surface area (Å²) in [6.45, 7) is 0. The first kappa shape index (κ1) is 14.5. The van der Waals surface area contributed by atoms with Gasteiger partial charge in [-0.15, -0.1) is 0 Å². The van der Waals surface area contributed by atoms with E-state index in [1.165, 1.54) is 30.3 Å². The van der Waals surface area contributed by atoms with Crippen molar-refractivity contribution >= 4 is 15.7 Å². The zero-order chi connectivity index (χ0) is 15.5. The third-order valence-corrected chi connectivity index (χ3v) is 4.03. The normalized spacial score (nSPS) is 10.4. The molecule has 0 aromatic heterocycles. The van der Waals surface area contributed by atoms with Gasteiger partial charge in [0.15, 0.2) is 0 Å². The number of nitriles is 2. The smallest absolute Gasteiger partial charge is 0.261 e. The zero-order valence-corrected chi connectivity index (χ0v) is 11.4. The van der Waals surface area contributed by atoms with Crippen LogP contribution >= 0.6 is 0 Å². The lowest BCUT2D eigenvalue weighted by Gasteiger charge is -2.08. The van der Waals surface area contributed by atoms with E-state index in [1.54, 1.807) is 6.07 Å². The summed E-state index contributed by atoms with van der Waals surface area (Å²) >= 11 is 0. The van der Waals surface area contributed by atoms with Gasteiger partial charge in [0.25, 0.3) is 10.0 Å². The quantitative estimate of drug-likeness (QED) is 0.941. The maximum absolute atomic E-state index is 13.2. The number of nitrogens with one attached hydrogen (secondary N) is 1. The highest BCUT2D eigenvalue weighted by atomic mass is 32.2. The van der Waals surface area contributed by atoms with Gasteiger partial charge in [-0.25, -0.2) is 12.8 Å². The predicted molar refractivity (Wildman–Crippen MR) is 73.1 cm³/mol. The molecule has 0 fully saturated rings. The van der Waals surface area contributed by atoms with Crippen LogP contribution in [0.15, 0.2) is 47.4 Å². The van der Waals surface area contributed by atoms with Crippen LogP contribution in [0, 0.1) is 28.5 Å². The molecule has 0 spiro atoms. The molecule has 1 N–H and O–H groups in total. The molecule has 5 nitrogen and oxygen atoms in total. The number of nitrogens with zero attached hydrogens (tertiary/aromatic N) is 2. The highest BCUT2D eigenvalue weighted by Crippen LogP contribution is 2.19. The number of rotatable bonds is 3. The molecule has 0 heterocycles. The molecule has 0 saturated heterocycles. The van der Waals surface area contributed by atoms with Crippen molar-refractivity contribution in [3.05, 3.63) is 59.4 Å². The standard InChI is InChI=1S/C14H8FN3O2S/c15-14-6-3-12(7-11(14)9-17)18-21(19,20)13-4-1-10(8-16)2-5-13/h1-7,18H. The van der Waals surface area contributed by atoms with Crippen molar-refractivity contribution < 1.29 is 12.8 Å². The Kier molecular flexibility index (Phi) is 3.88. The Morgan fingerprint density at radius 1 is 1.00 bits per heavy atom. The number of halogens is 1. The highest BCUT2D eigenvalue weighted by molar-refractivity contribution is 7.92. The summed E-state index contributed by atoms with van der Waals surface area (Å²) in [5.41, 5.74) is 0.162. The molecule has 0 amide bonds. The minimum absolute atomic E-state index is 0.0377. The molecule has 0 radical (unpaired) electrons. The lowest BCUT2D eigenvalue weighted by molar-refractivity contribution is 0.601. The molecular formula is C14H8FN3O2S. The van der Waals surface area contributed by atoms with Crippen LogP contribution in [0.4, 0.5) is 10.1 Å². The first-order valence-electron chi connectivity index (χ1n) is 5.69. The molecule has 2 aromatic rings. The third-order valence-electron chi connectivity index (χ3n) is 2.63. The number of hydrogen-bond donors (Lipinski definition) is 1. The van der Waals surface area contributed by atoms with Crippen molar-refractivity contribution in [2.45, 2.75) is 4.90 Å². The summed E-state index contributed by atoms with van der Waals surface area (Å²) in [4.78, 5) is -0.0377. The Balaban J connectivity index is 2.33. The fourth-order valence-corrected chi connectivity index (χ4v) is 2.65. The highest BCUT2D eigenvalue weighted by Gasteiger charge is 2.15. The molecule has 2 rings (SSSR count). The average molecular weight is 301 g/mol. The second-order valence-electron chi connectivity index (χ2n) is 4.05. The summed E-state index contributed by atoms with van der Waals surface area (Å²) in [6, 6.07) is 12.2. The number of hydrogen-bond acceptors (Lipinski definition) is 4. The number of benzene rings is 2. The van der Waals surface area contributed by atoms with Crippen LogP contribution in [0.5, 0.6) is 0 Å². The van der Waals surface area contributed by atoms with Gasteiger partial charge in [0.2, 0.25) is 0 Å². The Morgan fingerprint density at radius 2 is 1.67 bits per heavy atom. The fourth-order valence-electron chi connectivity index (χ4n) is 1.60. The SMILES string of the molecule is N#Cc1ccc(S(=O)(=O)Nc2ccc(F)c(C#N)c2)cc1. The van der Waals surface area contributed by atoms with Crippen molar-refractivity contribution in [1.29, 1.82) is 10.5 Å². The van der Waals surface area contributed by atoms with Crippen molar-refractivity contribution in [3.63, 3.8) is 0 Å². The van der Waals surface area contributed by atoms with E-state index >= 15 is 0 Å². The number of anilines is 1. The molecule has 7 heteroatoms. The molecule has 104 valence electrons. The van der Waals surface area contributed by atoms with E-state index in [4.69, 9.17) is 10.5 Å². The van der Waals surface area contributed by atoms with Gasteiger partial charge in [0, 0.05) is 0 Å². The molecule has 2 aromatic carbocycles. The van der Waals surface area contributed by atoms with E-state index in [0.29, 0.717) is 5.56 Å². The summed E-state index contributed by atoms with van der Waals surface area (Å²) in [7, 11) is -3.87. The summed E-state index contributed by atoms with van der Waals surface area (Å²) < 4.78 is 39.7. The monoisotopic (exact) mass is 301 g/mol. The van der Waals surface area contributed by atoms with E-state index in [0.717, 1.165) is 12.1 Å². The molecular weight excluding hydrogens is 293 g/mol. The van der Waals surface area contributed by atoms with Crippen LogP contribution in [-0.4, -0.2) is 8.42 Å². The van der Waals surface area contributed by atoms with E-state index in [-0.39, 0.29) is 16.1 Å². The third kappa shape index (κ3) is 3.16. The van der Waals surface area contributed by atoms with Gasteiger partial charge in [-0.05, 0) is 42.5 Å². The van der Waals surface area contributed by atoms with Gasteiger partial charge in [-0.2, -0.15) is 10.5 Å². The van der Waals surface area contributed by atoms with Crippen molar-refractivity contribution in [3.8, 4) is 12.1 Å². The van der Waals surface area contributed by atoms with Crippen molar-refractivity contribution in [2.75, 3.05) is 4.72 Å². The molecule has 21 heavy (non-hydrogen) atoms. The number of sulfonamides is 1. The van der Waals surface area contributed by atoms with Gasteiger partial charge in [0.05, 0.1) is 27.8 Å². The zero-order valence-electron chi connectivity index (χ0n) is 10.5. The second kappa shape index (κ2) is 5.61. The predicted octanol–water partition coefficient (Wildman–Crippen LogP) is 2.37. The minimum atomic E-state index is -3.87. The van der Waals surface area contributed by atoms with Gasteiger partial charge in [-0.1, -0.05) is 0 Å². The first-order chi connectivity index (χ1) is 9.96.